The number of carbonyl (C=O) groups excluding carboxylic acids is 1. The van der Waals surface area contributed by atoms with E-state index in [-0.39, 0.29) is 48.1 Å². The third-order valence-corrected chi connectivity index (χ3v) is 6.78. The lowest BCUT2D eigenvalue weighted by Crippen LogP contribution is -2.50. The molecule has 1 aliphatic heterocycles. The van der Waals surface area contributed by atoms with E-state index in [0.717, 1.165) is 0 Å². The molecule has 3 rings (SSSR count). The van der Waals surface area contributed by atoms with Gasteiger partial charge in [-0.1, -0.05) is 12.1 Å². The SMILES string of the molecule is CN(C)c1ccc(C(=O)N2CCN(S(=O)(=O)c3ccccc3C#N)CC2)cc1F. The Morgan fingerprint density at radius 2 is 1.76 bits per heavy atom. The maximum Gasteiger partial charge on any atom is 0.254 e. The number of piperazine rings is 1. The van der Waals surface area contributed by atoms with Crippen molar-refractivity contribution in [2.24, 2.45) is 0 Å². The third kappa shape index (κ3) is 4.09. The number of hydrogen-bond donors (Lipinski definition) is 0. The number of carbonyl (C=O) groups is 1. The average Bonchev–Trinajstić information content (AvgIpc) is 2.72. The van der Waals surface area contributed by atoms with E-state index in [4.69, 9.17) is 0 Å². The summed E-state index contributed by atoms with van der Waals surface area (Å²) in [5, 5.41) is 9.18. The Kier molecular flexibility index (Phi) is 5.86. The minimum atomic E-state index is -3.83. The summed E-state index contributed by atoms with van der Waals surface area (Å²) >= 11 is 0. The second kappa shape index (κ2) is 8.19. The fourth-order valence-electron chi connectivity index (χ4n) is 3.24. The van der Waals surface area contributed by atoms with Crippen molar-refractivity contribution in [3.8, 4) is 6.07 Å². The second-order valence-electron chi connectivity index (χ2n) is 6.86. The van der Waals surface area contributed by atoms with Crippen LogP contribution < -0.4 is 4.90 Å². The maximum absolute atomic E-state index is 14.2. The Hall–Kier alpha value is -2.96. The van der Waals surface area contributed by atoms with Gasteiger partial charge in [0, 0.05) is 45.8 Å². The molecule has 0 aromatic heterocycles. The standard InChI is InChI=1S/C20H21FN4O3S/c1-23(2)18-8-7-15(13-17(18)21)20(26)24-9-11-25(12-10-24)29(27,28)19-6-4-3-5-16(19)14-22/h3-8,13H,9-12H2,1-2H3. The fourth-order valence-corrected chi connectivity index (χ4v) is 4.80. The number of nitriles is 1. The van der Waals surface area contributed by atoms with Gasteiger partial charge in [0.1, 0.15) is 11.9 Å². The van der Waals surface area contributed by atoms with Crippen LogP contribution in [0.25, 0.3) is 0 Å². The smallest absolute Gasteiger partial charge is 0.254 e. The van der Waals surface area contributed by atoms with Crippen LogP contribution in [0, 0.1) is 17.1 Å². The van der Waals surface area contributed by atoms with E-state index < -0.39 is 15.8 Å². The molecule has 0 radical (unpaired) electrons. The molecule has 1 heterocycles. The van der Waals surface area contributed by atoms with Gasteiger partial charge in [-0.15, -0.1) is 0 Å². The quantitative estimate of drug-likeness (QED) is 0.760. The van der Waals surface area contributed by atoms with Crippen LogP contribution in [0.1, 0.15) is 15.9 Å². The molecular weight excluding hydrogens is 395 g/mol. The van der Waals surface area contributed by atoms with Gasteiger partial charge >= 0.3 is 0 Å². The van der Waals surface area contributed by atoms with E-state index in [1.165, 1.54) is 27.4 Å². The first-order chi connectivity index (χ1) is 13.8. The van der Waals surface area contributed by atoms with Crippen LogP contribution >= 0.6 is 0 Å². The van der Waals surface area contributed by atoms with E-state index in [1.54, 1.807) is 43.3 Å². The lowest BCUT2D eigenvalue weighted by atomic mass is 10.1. The molecule has 1 amide bonds. The highest BCUT2D eigenvalue weighted by Gasteiger charge is 2.32. The lowest BCUT2D eigenvalue weighted by molar-refractivity contribution is 0.0697. The predicted octanol–water partition coefficient (Wildman–Crippen LogP) is 1.91. The molecule has 0 spiro atoms. The van der Waals surface area contributed by atoms with Crippen LogP contribution in [0.3, 0.4) is 0 Å². The monoisotopic (exact) mass is 416 g/mol. The Morgan fingerprint density at radius 1 is 1.10 bits per heavy atom. The highest BCUT2D eigenvalue weighted by molar-refractivity contribution is 7.89. The van der Waals surface area contributed by atoms with Gasteiger partial charge in [0.15, 0.2) is 0 Å². The number of sulfonamides is 1. The Bertz CT molecular complexity index is 1070. The highest BCUT2D eigenvalue weighted by Crippen LogP contribution is 2.23. The molecule has 7 nitrogen and oxygen atoms in total. The summed E-state index contributed by atoms with van der Waals surface area (Å²) < 4.78 is 41.2. The topological polar surface area (TPSA) is 84.7 Å². The number of nitrogens with zero attached hydrogens (tertiary/aromatic N) is 4. The van der Waals surface area contributed by atoms with Crippen LogP contribution in [0.4, 0.5) is 10.1 Å². The molecule has 0 atom stereocenters. The van der Waals surface area contributed by atoms with E-state index in [0.29, 0.717) is 5.69 Å². The third-order valence-electron chi connectivity index (χ3n) is 4.83. The molecule has 1 fully saturated rings. The van der Waals surface area contributed by atoms with Crippen molar-refractivity contribution < 1.29 is 17.6 Å². The van der Waals surface area contributed by atoms with E-state index in [9.17, 15) is 22.9 Å². The maximum atomic E-state index is 14.2. The van der Waals surface area contributed by atoms with Crippen molar-refractivity contribution in [3.63, 3.8) is 0 Å². The Balaban J connectivity index is 1.73. The summed E-state index contributed by atoms with van der Waals surface area (Å²) in [6.45, 7) is 0.575. The summed E-state index contributed by atoms with van der Waals surface area (Å²) in [7, 11) is -0.408. The average molecular weight is 416 g/mol. The van der Waals surface area contributed by atoms with Gasteiger partial charge in [0.2, 0.25) is 10.0 Å². The number of benzene rings is 2. The van der Waals surface area contributed by atoms with Gasteiger partial charge in [-0.3, -0.25) is 4.79 Å². The molecule has 1 saturated heterocycles. The minimum absolute atomic E-state index is 0.0383. The van der Waals surface area contributed by atoms with Crippen molar-refractivity contribution in [3.05, 3.63) is 59.4 Å². The summed E-state index contributed by atoms with van der Waals surface area (Å²) in [6, 6.07) is 12.2. The van der Waals surface area contributed by atoms with Crippen LogP contribution in [-0.2, 0) is 10.0 Å². The molecule has 9 heteroatoms. The first-order valence-corrected chi connectivity index (χ1v) is 10.4. The molecule has 29 heavy (non-hydrogen) atoms. The summed E-state index contributed by atoms with van der Waals surface area (Å²) in [5.41, 5.74) is 0.690. The van der Waals surface area contributed by atoms with Crippen molar-refractivity contribution in [2.45, 2.75) is 4.90 Å². The molecule has 0 bridgehead atoms. The summed E-state index contributed by atoms with van der Waals surface area (Å²) in [6.07, 6.45) is 0. The minimum Gasteiger partial charge on any atom is -0.375 e. The van der Waals surface area contributed by atoms with E-state index in [1.807, 2.05) is 6.07 Å². The molecule has 0 aliphatic carbocycles. The zero-order valence-electron chi connectivity index (χ0n) is 16.2. The summed E-state index contributed by atoms with van der Waals surface area (Å²) in [4.78, 5) is 15.8. The zero-order chi connectivity index (χ0) is 21.2. The molecular formula is C20H21FN4O3S. The number of rotatable bonds is 4. The number of hydrogen-bond acceptors (Lipinski definition) is 5. The molecule has 0 N–H and O–H groups in total. The number of halogens is 1. The van der Waals surface area contributed by atoms with Gasteiger partial charge in [0.05, 0.1) is 16.1 Å². The van der Waals surface area contributed by atoms with E-state index in [2.05, 4.69) is 0 Å². The van der Waals surface area contributed by atoms with Crippen LogP contribution in [0.2, 0.25) is 0 Å². The molecule has 2 aromatic carbocycles. The van der Waals surface area contributed by atoms with Crippen molar-refractivity contribution in [2.75, 3.05) is 45.2 Å². The highest BCUT2D eigenvalue weighted by atomic mass is 32.2. The first-order valence-electron chi connectivity index (χ1n) is 9.01. The molecule has 1 aliphatic rings. The van der Waals surface area contributed by atoms with E-state index >= 15 is 0 Å². The van der Waals surface area contributed by atoms with Crippen molar-refractivity contribution in [1.29, 1.82) is 5.26 Å². The Morgan fingerprint density at radius 3 is 2.34 bits per heavy atom. The molecule has 0 saturated carbocycles. The van der Waals surface area contributed by atoms with Gasteiger partial charge in [-0.05, 0) is 30.3 Å². The van der Waals surface area contributed by atoms with Gasteiger partial charge in [-0.2, -0.15) is 9.57 Å². The lowest BCUT2D eigenvalue weighted by Gasteiger charge is -2.34. The molecule has 152 valence electrons. The van der Waals surface area contributed by atoms with Crippen LogP contribution in [0.15, 0.2) is 47.4 Å². The van der Waals surface area contributed by atoms with Crippen molar-refractivity contribution in [1.82, 2.24) is 9.21 Å². The predicted molar refractivity (Wildman–Crippen MR) is 107 cm³/mol. The largest absolute Gasteiger partial charge is 0.375 e. The van der Waals surface area contributed by atoms with Crippen molar-refractivity contribution >= 4 is 21.6 Å². The van der Waals surface area contributed by atoms with Gasteiger partial charge in [0.25, 0.3) is 5.91 Å². The molecule has 0 unspecified atom stereocenters. The fraction of sp³-hybridized carbons (Fsp3) is 0.300. The summed E-state index contributed by atoms with van der Waals surface area (Å²) in [5.74, 6) is -0.834. The first kappa shape index (κ1) is 20.8. The van der Waals surface area contributed by atoms with Crippen LogP contribution in [-0.4, -0.2) is 63.8 Å². The number of anilines is 1. The van der Waals surface area contributed by atoms with Gasteiger partial charge in [-0.25, -0.2) is 12.8 Å². The zero-order valence-corrected chi connectivity index (χ0v) is 17.0. The normalized spacial score (nSPS) is 15.0. The number of amides is 1. The Labute approximate surface area is 169 Å². The van der Waals surface area contributed by atoms with Gasteiger partial charge < -0.3 is 9.80 Å². The van der Waals surface area contributed by atoms with Crippen LogP contribution in [0.5, 0.6) is 0 Å². The second-order valence-corrected chi connectivity index (χ2v) is 8.77. The molecule has 2 aromatic rings.